The number of nitrogens with zero attached hydrogens (tertiary/aromatic N) is 1. The van der Waals surface area contributed by atoms with Crippen LogP contribution < -0.4 is 10.6 Å². The Kier molecular flexibility index (Phi) is 4.81. The highest BCUT2D eigenvalue weighted by Crippen LogP contribution is 2.10. The molecular weight excluding hydrogens is 276 g/mol. The predicted octanol–water partition coefficient (Wildman–Crippen LogP) is 2.72. The quantitative estimate of drug-likeness (QED) is 0.890. The standard InChI is InChI=1S/C15H15F2N3O/c1-2-18-12-4-6-14(19-9-12)15(21)20-8-10-7-11(16)3-5-13(10)17/h3-7,9,18H,2,8H2,1H3,(H,20,21). The maximum atomic E-state index is 13.4. The van der Waals surface area contributed by atoms with E-state index in [4.69, 9.17) is 0 Å². The summed E-state index contributed by atoms with van der Waals surface area (Å²) < 4.78 is 26.4. The number of anilines is 1. The molecule has 0 fully saturated rings. The minimum Gasteiger partial charge on any atom is -0.384 e. The maximum absolute atomic E-state index is 13.4. The summed E-state index contributed by atoms with van der Waals surface area (Å²) in [4.78, 5) is 15.9. The van der Waals surface area contributed by atoms with Crippen LogP contribution in [0.1, 0.15) is 23.0 Å². The SMILES string of the molecule is CCNc1ccc(C(=O)NCc2cc(F)ccc2F)nc1. The number of aromatic nitrogens is 1. The number of pyridine rings is 1. The molecule has 1 heterocycles. The number of amides is 1. The van der Waals surface area contributed by atoms with Gasteiger partial charge in [0, 0.05) is 18.7 Å². The van der Waals surface area contributed by atoms with Crippen LogP contribution in [0.15, 0.2) is 36.5 Å². The molecule has 1 aromatic heterocycles. The Morgan fingerprint density at radius 1 is 1.24 bits per heavy atom. The summed E-state index contributed by atoms with van der Waals surface area (Å²) in [5.41, 5.74) is 1.12. The number of hydrogen-bond donors (Lipinski definition) is 2. The molecule has 110 valence electrons. The van der Waals surface area contributed by atoms with Crippen LogP contribution in [0, 0.1) is 11.6 Å². The molecule has 0 radical (unpaired) electrons. The van der Waals surface area contributed by atoms with Crippen molar-refractivity contribution in [3.05, 3.63) is 59.4 Å². The molecule has 1 amide bonds. The van der Waals surface area contributed by atoms with Gasteiger partial charge in [0.05, 0.1) is 11.9 Å². The molecule has 0 atom stereocenters. The van der Waals surface area contributed by atoms with Gasteiger partial charge in [-0.25, -0.2) is 13.8 Å². The van der Waals surface area contributed by atoms with Crippen molar-refractivity contribution in [2.75, 3.05) is 11.9 Å². The Labute approximate surface area is 121 Å². The lowest BCUT2D eigenvalue weighted by molar-refractivity contribution is 0.0945. The van der Waals surface area contributed by atoms with E-state index in [2.05, 4.69) is 15.6 Å². The van der Waals surface area contributed by atoms with Crippen molar-refractivity contribution in [3.8, 4) is 0 Å². The van der Waals surface area contributed by atoms with Crippen molar-refractivity contribution in [3.63, 3.8) is 0 Å². The predicted molar refractivity (Wildman–Crippen MR) is 75.9 cm³/mol. The first-order valence-electron chi connectivity index (χ1n) is 6.52. The van der Waals surface area contributed by atoms with E-state index in [0.29, 0.717) is 0 Å². The van der Waals surface area contributed by atoms with Gasteiger partial charge in [-0.15, -0.1) is 0 Å². The highest BCUT2D eigenvalue weighted by molar-refractivity contribution is 5.92. The van der Waals surface area contributed by atoms with Crippen LogP contribution in [0.25, 0.3) is 0 Å². The van der Waals surface area contributed by atoms with E-state index in [1.165, 1.54) is 0 Å². The second-order valence-corrected chi connectivity index (χ2v) is 4.38. The van der Waals surface area contributed by atoms with Crippen LogP contribution in [-0.4, -0.2) is 17.4 Å². The lowest BCUT2D eigenvalue weighted by Gasteiger charge is -2.07. The van der Waals surface area contributed by atoms with Gasteiger partial charge in [-0.3, -0.25) is 4.79 Å². The first-order chi connectivity index (χ1) is 10.1. The largest absolute Gasteiger partial charge is 0.384 e. The van der Waals surface area contributed by atoms with Crippen molar-refractivity contribution in [2.24, 2.45) is 0 Å². The summed E-state index contributed by atoms with van der Waals surface area (Å²) in [7, 11) is 0. The summed E-state index contributed by atoms with van der Waals surface area (Å²) in [6, 6.07) is 6.41. The van der Waals surface area contributed by atoms with Crippen molar-refractivity contribution in [1.29, 1.82) is 0 Å². The molecule has 4 nitrogen and oxygen atoms in total. The van der Waals surface area contributed by atoms with Crippen LogP contribution in [0.4, 0.5) is 14.5 Å². The molecule has 1 aromatic carbocycles. The van der Waals surface area contributed by atoms with Gasteiger partial charge in [-0.1, -0.05) is 0 Å². The maximum Gasteiger partial charge on any atom is 0.270 e. The molecule has 0 aliphatic rings. The molecule has 0 saturated carbocycles. The number of nitrogens with one attached hydrogen (secondary N) is 2. The highest BCUT2D eigenvalue weighted by Gasteiger charge is 2.09. The number of benzene rings is 1. The third-order valence-electron chi connectivity index (χ3n) is 2.82. The lowest BCUT2D eigenvalue weighted by Crippen LogP contribution is -2.24. The van der Waals surface area contributed by atoms with Gasteiger partial charge >= 0.3 is 0 Å². The molecule has 0 unspecified atom stereocenters. The fraction of sp³-hybridized carbons (Fsp3) is 0.200. The van der Waals surface area contributed by atoms with Gasteiger partial charge < -0.3 is 10.6 Å². The van der Waals surface area contributed by atoms with E-state index in [1.807, 2.05) is 6.92 Å². The van der Waals surface area contributed by atoms with Crippen LogP contribution in [-0.2, 0) is 6.54 Å². The zero-order valence-corrected chi connectivity index (χ0v) is 11.5. The number of hydrogen-bond acceptors (Lipinski definition) is 3. The molecule has 2 rings (SSSR count). The van der Waals surface area contributed by atoms with Gasteiger partial charge in [0.15, 0.2) is 0 Å². The van der Waals surface area contributed by atoms with Crippen LogP contribution in [0.2, 0.25) is 0 Å². The molecular formula is C15H15F2N3O. The lowest BCUT2D eigenvalue weighted by atomic mass is 10.2. The molecule has 0 bridgehead atoms. The van der Waals surface area contributed by atoms with E-state index in [1.54, 1.807) is 18.3 Å². The Balaban J connectivity index is 1.99. The second-order valence-electron chi connectivity index (χ2n) is 4.38. The zero-order chi connectivity index (χ0) is 15.2. The van der Waals surface area contributed by atoms with Gasteiger partial charge in [-0.05, 0) is 37.3 Å². The molecule has 6 heteroatoms. The van der Waals surface area contributed by atoms with E-state index in [0.717, 1.165) is 30.4 Å². The first kappa shape index (κ1) is 14.9. The summed E-state index contributed by atoms with van der Waals surface area (Å²) in [5.74, 6) is -1.55. The molecule has 2 N–H and O–H groups in total. The molecule has 2 aromatic rings. The van der Waals surface area contributed by atoms with E-state index in [-0.39, 0.29) is 17.8 Å². The molecule has 0 aliphatic carbocycles. The summed E-state index contributed by atoms with van der Waals surface area (Å²) in [6.07, 6.45) is 1.54. The van der Waals surface area contributed by atoms with Crippen molar-refractivity contribution in [2.45, 2.75) is 13.5 Å². The number of carbonyl (C=O) groups is 1. The van der Waals surface area contributed by atoms with E-state index < -0.39 is 17.5 Å². The number of carbonyl (C=O) groups excluding carboxylic acids is 1. The fourth-order valence-corrected chi connectivity index (χ4v) is 1.78. The second kappa shape index (κ2) is 6.78. The third-order valence-corrected chi connectivity index (χ3v) is 2.82. The normalized spacial score (nSPS) is 10.2. The highest BCUT2D eigenvalue weighted by atomic mass is 19.1. The topological polar surface area (TPSA) is 54.0 Å². The van der Waals surface area contributed by atoms with Crippen LogP contribution in [0.3, 0.4) is 0 Å². The zero-order valence-electron chi connectivity index (χ0n) is 11.5. The van der Waals surface area contributed by atoms with Gasteiger partial charge in [0.25, 0.3) is 5.91 Å². The van der Waals surface area contributed by atoms with E-state index in [9.17, 15) is 13.6 Å². The monoisotopic (exact) mass is 291 g/mol. The van der Waals surface area contributed by atoms with Crippen LogP contribution >= 0.6 is 0 Å². The Bertz CT molecular complexity index is 629. The number of halogens is 2. The Morgan fingerprint density at radius 3 is 2.71 bits per heavy atom. The first-order valence-corrected chi connectivity index (χ1v) is 6.52. The fourth-order valence-electron chi connectivity index (χ4n) is 1.78. The molecule has 0 saturated heterocycles. The Morgan fingerprint density at radius 2 is 2.05 bits per heavy atom. The molecule has 0 aliphatic heterocycles. The van der Waals surface area contributed by atoms with Gasteiger partial charge in [0.1, 0.15) is 17.3 Å². The molecule has 21 heavy (non-hydrogen) atoms. The average molecular weight is 291 g/mol. The Hall–Kier alpha value is -2.50. The third kappa shape index (κ3) is 3.98. The van der Waals surface area contributed by atoms with E-state index >= 15 is 0 Å². The number of rotatable bonds is 5. The average Bonchev–Trinajstić information content (AvgIpc) is 2.49. The minimum atomic E-state index is -0.563. The summed E-state index contributed by atoms with van der Waals surface area (Å²) in [5, 5.41) is 5.57. The van der Waals surface area contributed by atoms with Gasteiger partial charge in [0.2, 0.25) is 0 Å². The van der Waals surface area contributed by atoms with Crippen molar-refractivity contribution >= 4 is 11.6 Å². The van der Waals surface area contributed by atoms with Crippen LogP contribution in [0.5, 0.6) is 0 Å². The van der Waals surface area contributed by atoms with Crippen molar-refractivity contribution < 1.29 is 13.6 Å². The summed E-state index contributed by atoms with van der Waals surface area (Å²) in [6.45, 7) is 2.61. The summed E-state index contributed by atoms with van der Waals surface area (Å²) >= 11 is 0. The van der Waals surface area contributed by atoms with Crippen molar-refractivity contribution in [1.82, 2.24) is 10.3 Å². The smallest absolute Gasteiger partial charge is 0.270 e. The minimum absolute atomic E-state index is 0.0904. The van der Waals surface area contributed by atoms with Gasteiger partial charge in [-0.2, -0.15) is 0 Å². The molecule has 0 spiro atoms.